The van der Waals surface area contributed by atoms with Crippen molar-refractivity contribution in [1.82, 2.24) is 0 Å². The smallest absolute Gasteiger partial charge is 0.129 e. The van der Waals surface area contributed by atoms with Crippen molar-refractivity contribution < 1.29 is 4.74 Å². The Bertz CT molecular complexity index is 290. The Kier molecular flexibility index (Phi) is 6.21. The molecule has 0 aliphatic rings. The van der Waals surface area contributed by atoms with E-state index in [-0.39, 0.29) is 0 Å². The molecule has 0 saturated heterocycles. The van der Waals surface area contributed by atoms with Gasteiger partial charge in [-0.05, 0) is 32.9 Å². The molecule has 0 aromatic heterocycles. The number of hydrogen-bond donors (Lipinski definition) is 0. The summed E-state index contributed by atoms with van der Waals surface area (Å²) < 4.78 is 5.48. The molecule has 1 nitrogen and oxygen atoms in total. The summed E-state index contributed by atoms with van der Waals surface area (Å²) in [4.78, 5) is 0. The number of rotatable bonds is 5. The minimum Gasteiger partial charge on any atom is -0.458 e. The fourth-order valence-electron chi connectivity index (χ4n) is 0.954. The topological polar surface area (TPSA) is 9.23 Å². The summed E-state index contributed by atoms with van der Waals surface area (Å²) in [5.74, 6) is 1.36. The van der Waals surface area contributed by atoms with E-state index in [0.717, 1.165) is 11.3 Å². The van der Waals surface area contributed by atoms with Crippen LogP contribution >= 0.6 is 0 Å². The minimum absolute atomic E-state index is 0.617. The molecule has 76 valence electrons. The first-order valence-electron chi connectivity index (χ1n) is 4.63. The fourth-order valence-corrected chi connectivity index (χ4v) is 0.954. The first-order chi connectivity index (χ1) is 6.65. The molecule has 0 rings (SSSR count). The average Bonchev–Trinajstić information content (AvgIpc) is 2.15. The van der Waals surface area contributed by atoms with Gasteiger partial charge in [-0.1, -0.05) is 31.4 Å². The lowest BCUT2D eigenvalue weighted by molar-refractivity contribution is 0.333. The van der Waals surface area contributed by atoms with Crippen LogP contribution in [-0.4, -0.2) is 0 Å². The number of hydrogen-bond acceptors (Lipinski definition) is 1. The Morgan fingerprint density at radius 2 is 1.57 bits per heavy atom. The second-order valence-corrected chi connectivity index (χ2v) is 2.75. The minimum atomic E-state index is 0.617. The molecule has 0 fully saturated rings. The zero-order valence-electron chi connectivity index (χ0n) is 9.21. The van der Waals surface area contributed by atoms with Crippen LogP contribution in [0, 0.1) is 0 Å². The zero-order chi connectivity index (χ0) is 11.0. The van der Waals surface area contributed by atoms with E-state index in [4.69, 9.17) is 4.74 Å². The number of ether oxygens (including phenoxy) is 1. The van der Waals surface area contributed by atoms with Gasteiger partial charge in [-0.3, -0.25) is 0 Å². The van der Waals surface area contributed by atoms with Gasteiger partial charge in [0.25, 0.3) is 0 Å². The van der Waals surface area contributed by atoms with E-state index >= 15 is 0 Å². The van der Waals surface area contributed by atoms with Crippen molar-refractivity contribution in [3.05, 3.63) is 60.6 Å². The highest BCUT2D eigenvalue weighted by Crippen LogP contribution is 2.15. The normalized spacial score (nSPS) is 12.4. The summed E-state index contributed by atoms with van der Waals surface area (Å²) in [6, 6.07) is 0. The molecule has 0 bridgehead atoms. The van der Waals surface area contributed by atoms with Crippen LogP contribution in [0.25, 0.3) is 0 Å². The summed E-state index contributed by atoms with van der Waals surface area (Å²) in [5.41, 5.74) is 0.848. The Morgan fingerprint density at radius 3 is 2.00 bits per heavy atom. The number of allylic oxidation sites excluding steroid dienone is 5. The van der Waals surface area contributed by atoms with Crippen molar-refractivity contribution in [2.75, 3.05) is 0 Å². The van der Waals surface area contributed by atoms with Gasteiger partial charge < -0.3 is 4.74 Å². The molecule has 14 heavy (non-hydrogen) atoms. The first kappa shape index (κ1) is 12.5. The SMILES string of the molecule is C=C(C=CC)OC(=CC)C(=C)C=CC. The molecular weight excluding hydrogens is 172 g/mol. The standard InChI is InChI=1S/C13H18O/c1-6-9-11(4)13(8-3)14-12(5)10-7-2/h6-10H,4-5H2,1-3H3. The summed E-state index contributed by atoms with van der Waals surface area (Å²) >= 11 is 0. The van der Waals surface area contributed by atoms with Gasteiger partial charge in [-0.25, -0.2) is 0 Å². The van der Waals surface area contributed by atoms with Crippen molar-refractivity contribution in [3.63, 3.8) is 0 Å². The van der Waals surface area contributed by atoms with Crippen molar-refractivity contribution >= 4 is 0 Å². The second kappa shape index (κ2) is 6.96. The molecule has 0 heterocycles. The zero-order valence-corrected chi connectivity index (χ0v) is 9.21. The van der Waals surface area contributed by atoms with Crippen LogP contribution in [-0.2, 0) is 4.74 Å². The molecule has 0 N–H and O–H groups in total. The van der Waals surface area contributed by atoms with Gasteiger partial charge in [0.05, 0.1) is 0 Å². The van der Waals surface area contributed by atoms with Crippen molar-refractivity contribution in [1.29, 1.82) is 0 Å². The maximum atomic E-state index is 5.48. The van der Waals surface area contributed by atoms with Crippen LogP contribution in [0.4, 0.5) is 0 Å². The average molecular weight is 190 g/mol. The highest BCUT2D eigenvalue weighted by molar-refractivity contribution is 5.34. The predicted molar refractivity (Wildman–Crippen MR) is 62.8 cm³/mol. The van der Waals surface area contributed by atoms with Crippen LogP contribution in [0.3, 0.4) is 0 Å². The van der Waals surface area contributed by atoms with E-state index in [1.54, 1.807) is 0 Å². The third-order valence-electron chi connectivity index (χ3n) is 1.54. The lowest BCUT2D eigenvalue weighted by atomic mass is 10.2. The fraction of sp³-hybridized carbons (Fsp3) is 0.231. The van der Waals surface area contributed by atoms with Gasteiger partial charge in [0.2, 0.25) is 0 Å². The molecule has 0 aliphatic carbocycles. The van der Waals surface area contributed by atoms with Crippen LogP contribution in [0.2, 0.25) is 0 Å². The van der Waals surface area contributed by atoms with Crippen molar-refractivity contribution in [2.45, 2.75) is 20.8 Å². The van der Waals surface area contributed by atoms with E-state index in [0.29, 0.717) is 5.76 Å². The Morgan fingerprint density at radius 1 is 1.00 bits per heavy atom. The van der Waals surface area contributed by atoms with Gasteiger partial charge in [-0.15, -0.1) is 0 Å². The van der Waals surface area contributed by atoms with Gasteiger partial charge in [0.1, 0.15) is 11.5 Å². The molecule has 0 saturated carbocycles. The maximum absolute atomic E-state index is 5.48. The van der Waals surface area contributed by atoms with Crippen molar-refractivity contribution in [2.24, 2.45) is 0 Å². The van der Waals surface area contributed by atoms with E-state index in [2.05, 4.69) is 13.2 Å². The van der Waals surface area contributed by atoms with Gasteiger partial charge >= 0.3 is 0 Å². The second-order valence-electron chi connectivity index (χ2n) is 2.75. The molecule has 0 aromatic rings. The highest BCUT2D eigenvalue weighted by atomic mass is 16.5. The summed E-state index contributed by atoms with van der Waals surface area (Å²) in [5, 5.41) is 0. The van der Waals surface area contributed by atoms with E-state index < -0.39 is 0 Å². The molecule has 0 atom stereocenters. The summed E-state index contributed by atoms with van der Waals surface area (Å²) in [7, 11) is 0. The largest absolute Gasteiger partial charge is 0.458 e. The molecule has 0 unspecified atom stereocenters. The van der Waals surface area contributed by atoms with Gasteiger partial charge in [-0.2, -0.15) is 0 Å². The highest BCUT2D eigenvalue weighted by Gasteiger charge is 2.00. The lowest BCUT2D eigenvalue weighted by Gasteiger charge is -2.09. The maximum Gasteiger partial charge on any atom is 0.129 e. The molecule has 0 radical (unpaired) electrons. The summed E-state index contributed by atoms with van der Waals surface area (Å²) in [6.07, 6.45) is 9.39. The molecule has 0 aromatic carbocycles. The van der Waals surface area contributed by atoms with Crippen LogP contribution in [0.1, 0.15) is 20.8 Å². The molecule has 0 amide bonds. The van der Waals surface area contributed by atoms with Gasteiger partial charge in [0, 0.05) is 5.57 Å². The Labute approximate surface area is 86.8 Å². The van der Waals surface area contributed by atoms with E-state index in [1.165, 1.54) is 0 Å². The van der Waals surface area contributed by atoms with Crippen LogP contribution < -0.4 is 0 Å². The van der Waals surface area contributed by atoms with E-state index in [9.17, 15) is 0 Å². The first-order valence-corrected chi connectivity index (χ1v) is 4.63. The molecule has 0 aliphatic heterocycles. The monoisotopic (exact) mass is 190 g/mol. The summed E-state index contributed by atoms with van der Waals surface area (Å²) in [6.45, 7) is 13.4. The van der Waals surface area contributed by atoms with E-state index in [1.807, 2.05) is 51.2 Å². The van der Waals surface area contributed by atoms with Crippen LogP contribution in [0.5, 0.6) is 0 Å². The third kappa shape index (κ3) is 4.51. The van der Waals surface area contributed by atoms with Gasteiger partial charge in [0.15, 0.2) is 0 Å². The molecular formula is C13H18O. The van der Waals surface area contributed by atoms with Crippen LogP contribution in [0.15, 0.2) is 60.6 Å². The molecule has 0 spiro atoms. The third-order valence-corrected chi connectivity index (χ3v) is 1.54. The lowest BCUT2D eigenvalue weighted by Crippen LogP contribution is -1.91. The Balaban J connectivity index is 4.46. The Hall–Kier alpha value is -1.50. The molecule has 1 heteroatoms. The van der Waals surface area contributed by atoms with Crippen molar-refractivity contribution in [3.8, 4) is 0 Å². The quantitative estimate of drug-likeness (QED) is 0.468. The predicted octanol–water partition coefficient (Wildman–Crippen LogP) is 4.13.